The molecule has 0 spiro atoms. The van der Waals surface area contributed by atoms with Crippen LogP contribution in [0.1, 0.15) is 51.9 Å². The number of carboxylic acid groups (broad SMARTS) is 1. The lowest BCUT2D eigenvalue weighted by Gasteiger charge is -2.15. The van der Waals surface area contributed by atoms with Crippen molar-refractivity contribution in [3.63, 3.8) is 0 Å². The topological polar surface area (TPSA) is 78.9 Å². The quantitative estimate of drug-likeness (QED) is 0.541. The number of hydrogen-bond acceptors (Lipinski definition) is 4. The number of carbonyl (C=O) groups excluding carboxylic acids is 1. The average molecular weight is 302 g/mol. The van der Waals surface area contributed by atoms with Crippen LogP contribution in [0.4, 0.5) is 4.79 Å². The van der Waals surface area contributed by atoms with Crippen molar-refractivity contribution in [1.29, 1.82) is 0 Å². The fourth-order valence-corrected chi connectivity index (χ4v) is 1.90. The third-order valence-corrected chi connectivity index (χ3v) is 3.17. The summed E-state index contributed by atoms with van der Waals surface area (Å²) in [7, 11) is 3.79. The maximum Gasteiger partial charge on any atom is 0.408 e. The second-order valence-corrected chi connectivity index (χ2v) is 5.52. The molecule has 0 aromatic carbocycles. The highest BCUT2D eigenvalue weighted by atomic mass is 16.6. The zero-order chi connectivity index (χ0) is 16.1. The molecule has 0 aliphatic carbocycles. The Balaban J connectivity index is 3.85. The fourth-order valence-electron chi connectivity index (χ4n) is 1.90. The second-order valence-electron chi connectivity index (χ2n) is 5.52. The number of carbonyl (C=O) groups is 2. The lowest BCUT2D eigenvalue weighted by molar-refractivity contribution is -0.147. The lowest BCUT2D eigenvalue weighted by Crippen LogP contribution is -2.36. The Kier molecular flexibility index (Phi) is 11.7. The highest BCUT2D eigenvalue weighted by molar-refractivity contribution is 5.77. The number of unbranched alkanes of at least 4 members (excludes halogenated alkanes) is 5. The van der Waals surface area contributed by atoms with Crippen molar-refractivity contribution in [1.82, 2.24) is 10.2 Å². The SMILES string of the molecule is CCCCCCCCC(OC(=O)NCCN(C)C)C(=O)O. The van der Waals surface area contributed by atoms with Crippen molar-refractivity contribution in [2.24, 2.45) is 0 Å². The van der Waals surface area contributed by atoms with Gasteiger partial charge in [0.2, 0.25) is 6.10 Å². The summed E-state index contributed by atoms with van der Waals surface area (Å²) in [4.78, 5) is 24.5. The summed E-state index contributed by atoms with van der Waals surface area (Å²) in [5.74, 6) is -1.08. The molecule has 0 heterocycles. The molecule has 21 heavy (non-hydrogen) atoms. The third-order valence-electron chi connectivity index (χ3n) is 3.17. The first-order chi connectivity index (χ1) is 9.97. The maximum atomic E-state index is 11.5. The highest BCUT2D eigenvalue weighted by Crippen LogP contribution is 2.11. The fraction of sp³-hybridized carbons (Fsp3) is 0.867. The molecule has 0 fully saturated rings. The molecule has 124 valence electrons. The van der Waals surface area contributed by atoms with E-state index in [9.17, 15) is 9.59 Å². The minimum Gasteiger partial charge on any atom is -0.479 e. The van der Waals surface area contributed by atoms with E-state index in [1.807, 2.05) is 19.0 Å². The van der Waals surface area contributed by atoms with E-state index in [0.29, 0.717) is 19.5 Å². The van der Waals surface area contributed by atoms with E-state index in [4.69, 9.17) is 9.84 Å². The number of alkyl carbamates (subject to hydrolysis) is 1. The monoisotopic (exact) mass is 302 g/mol. The van der Waals surface area contributed by atoms with Gasteiger partial charge in [-0.25, -0.2) is 9.59 Å². The number of ether oxygens (including phenoxy) is 1. The summed E-state index contributed by atoms with van der Waals surface area (Å²) >= 11 is 0. The molecule has 6 heteroatoms. The maximum absolute atomic E-state index is 11.5. The summed E-state index contributed by atoms with van der Waals surface area (Å²) in [6.07, 6.45) is 5.12. The normalized spacial score (nSPS) is 12.2. The Hall–Kier alpha value is -1.30. The summed E-state index contributed by atoms with van der Waals surface area (Å²) in [5.41, 5.74) is 0. The Bertz CT molecular complexity index is 295. The van der Waals surface area contributed by atoms with Crippen LogP contribution in [0.2, 0.25) is 0 Å². The van der Waals surface area contributed by atoms with E-state index in [1.54, 1.807) is 0 Å². The van der Waals surface area contributed by atoms with Crippen LogP contribution in [0.5, 0.6) is 0 Å². The molecule has 0 rings (SSSR count). The smallest absolute Gasteiger partial charge is 0.408 e. The van der Waals surface area contributed by atoms with Gasteiger partial charge in [-0.05, 0) is 26.9 Å². The van der Waals surface area contributed by atoms with Crippen LogP contribution < -0.4 is 5.32 Å². The Morgan fingerprint density at radius 3 is 2.33 bits per heavy atom. The molecule has 0 saturated heterocycles. The molecule has 1 amide bonds. The first kappa shape index (κ1) is 19.7. The third kappa shape index (κ3) is 12.2. The number of hydrogen-bond donors (Lipinski definition) is 2. The summed E-state index contributed by atoms with van der Waals surface area (Å²) < 4.78 is 4.95. The van der Waals surface area contributed by atoms with Gasteiger partial charge >= 0.3 is 12.1 Å². The summed E-state index contributed by atoms with van der Waals surface area (Å²) in [5, 5.41) is 11.6. The van der Waals surface area contributed by atoms with Gasteiger partial charge in [-0.15, -0.1) is 0 Å². The summed E-state index contributed by atoms with van der Waals surface area (Å²) in [6.45, 7) is 3.28. The second kappa shape index (κ2) is 12.4. The van der Waals surface area contributed by atoms with Gasteiger partial charge in [-0.1, -0.05) is 39.0 Å². The van der Waals surface area contributed by atoms with E-state index < -0.39 is 18.2 Å². The lowest BCUT2D eigenvalue weighted by atomic mass is 10.1. The largest absolute Gasteiger partial charge is 0.479 e. The number of aliphatic carboxylic acids is 1. The zero-order valence-electron chi connectivity index (χ0n) is 13.6. The molecule has 1 atom stereocenters. The number of rotatable bonds is 12. The van der Waals surface area contributed by atoms with Gasteiger partial charge in [-0.2, -0.15) is 0 Å². The van der Waals surface area contributed by atoms with Crippen molar-refractivity contribution in [2.75, 3.05) is 27.2 Å². The van der Waals surface area contributed by atoms with Gasteiger partial charge in [-0.3, -0.25) is 0 Å². The molecule has 0 bridgehead atoms. The Labute approximate surface area is 127 Å². The highest BCUT2D eigenvalue weighted by Gasteiger charge is 2.21. The van der Waals surface area contributed by atoms with Crippen LogP contribution >= 0.6 is 0 Å². The molecule has 2 N–H and O–H groups in total. The van der Waals surface area contributed by atoms with E-state index >= 15 is 0 Å². The van der Waals surface area contributed by atoms with E-state index in [1.165, 1.54) is 19.3 Å². The van der Waals surface area contributed by atoms with Crippen LogP contribution in [0.15, 0.2) is 0 Å². The average Bonchev–Trinajstić information content (AvgIpc) is 2.40. The standard InChI is InChI=1S/C15H30N2O4/c1-4-5-6-7-8-9-10-13(14(18)19)21-15(20)16-11-12-17(2)3/h13H,4-12H2,1-3H3,(H,16,20)(H,18,19). The Morgan fingerprint density at radius 2 is 1.76 bits per heavy atom. The van der Waals surface area contributed by atoms with Crippen LogP contribution in [-0.4, -0.2) is 55.4 Å². The number of nitrogens with one attached hydrogen (secondary N) is 1. The van der Waals surface area contributed by atoms with Gasteiger partial charge in [0, 0.05) is 13.1 Å². The minimum absolute atomic E-state index is 0.378. The molecule has 0 radical (unpaired) electrons. The van der Waals surface area contributed by atoms with Crippen LogP contribution in [-0.2, 0) is 9.53 Å². The van der Waals surface area contributed by atoms with Gasteiger partial charge in [0.05, 0.1) is 0 Å². The Morgan fingerprint density at radius 1 is 1.14 bits per heavy atom. The van der Waals surface area contributed by atoms with Crippen LogP contribution in [0.25, 0.3) is 0 Å². The van der Waals surface area contributed by atoms with E-state index in [0.717, 1.165) is 19.3 Å². The van der Waals surface area contributed by atoms with Gasteiger partial charge in [0.25, 0.3) is 0 Å². The van der Waals surface area contributed by atoms with E-state index in [2.05, 4.69) is 12.2 Å². The number of likely N-dealkylation sites (N-methyl/N-ethyl adjacent to an activating group) is 1. The molecule has 6 nitrogen and oxygen atoms in total. The van der Waals surface area contributed by atoms with Gasteiger partial charge < -0.3 is 20.1 Å². The van der Waals surface area contributed by atoms with Crippen molar-refractivity contribution >= 4 is 12.1 Å². The number of amides is 1. The van der Waals surface area contributed by atoms with Crippen LogP contribution in [0, 0.1) is 0 Å². The molecule has 0 aromatic rings. The van der Waals surface area contributed by atoms with Crippen molar-refractivity contribution in [2.45, 2.75) is 58.0 Å². The van der Waals surface area contributed by atoms with Crippen molar-refractivity contribution in [3.05, 3.63) is 0 Å². The van der Waals surface area contributed by atoms with Crippen LogP contribution in [0.3, 0.4) is 0 Å². The molecular formula is C15H30N2O4. The number of carboxylic acids is 1. The molecule has 0 saturated carbocycles. The predicted molar refractivity (Wildman–Crippen MR) is 82.5 cm³/mol. The van der Waals surface area contributed by atoms with Gasteiger partial charge in [0.1, 0.15) is 0 Å². The summed E-state index contributed by atoms with van der Waals surface area (Å²) in [6, 6.07) is 0. The molecule has 0 aliphatic heterocycles. The van der Waals surface area contributed by atoms with Crippen molar-refractivity contribution in [3.8, 4) is 0 Å². The number of nitrogens with zero attached hydrogens (tertiary/aromatic N) is 1. The predicted octanol–water partition coefficient (Wildman–Crippen LogP) is 2.48. The first-order valence-corrected chi connectivity index (χ1v) is 7.79. The molecule has 0 aliphatic rings. The van der Waals surface area contributed by atoms with E-state index in [-0.39, 0.29) is 0 Å². The molecule has 1 unspecified atom stereocenters. The van der Waals surface area contributed by atoms with Gasteiger partial charge in [0.15, 0.2) is 0 Å². The van der Waals surface area contributed by atoms with Crippen molar-refractivity contribution < 1.29 is 19.4 Å². The molecular weight excluding hydrogens is 272 g/mol. The minimum atomic E-state index is -1.08. The first-order valence-electron chi connectivity index (χ1n) is 7.79. The zero-order valence-corrected chi connectivity index (χ0v) is 13.6. The molecule has 0 aromatic heterocycles.